The molecule has 0 bridgehead atoms. The highest BCUT2D eigenvalue weighted by Gasteiger charge is 2.16. The van der Waals surface area contributed by atoms with E-state index in [1.807, 2.05) is 124 Å². The van der Waals surface area contributed by atoms with Gasteiger partial charge in [0.1, 0.15) is 11.0 Å². The van der Waals surface area contributed by atoms with Gasteiger partial charge < -0.3 is 14.7 Å². The lowest BCUT2D eigenvalue weighted by Gasteiger charge is -2.05. The zero-order valence-electron chi connectivity index (χ0n) is 44.2. The zero-order valence-corrected chi connectivity index (χ0v) is 44.2. The number of fused-ring (bicyclic) bond motifs is 2. The van der Waals surface area contributed by atoms with Crippen LogP contribution in [-0.2, 0) is 35.1 Å². The van der Waals surface area contributed by atoms with Gasteiger partial charge in [-0.15, -0.1) is 10.2 Å². The summed E-state index contributed by atoms with van der Waals surface area (Å²) in [5.41, 5.74) is 21.1. The molecule has 10 rings (SSSR count). The third-order valence-electron chi connectivity index (χ3n) is 11.5. The molecule has 0 aliphatic carbocycles. The second kappa shape index (κ2) is 25.5. The van der Waals surface area contributed by atoms with Crippen molar-refractivity contribution in [2.75, 3.05) is 5.73 Å². The first-order chi connectivity index (χ1) is 36.2. The summed E-state index contributed by atoms with van der Waals surface area (Å²) in [4.78, 5) is 21.2. The van der Waals surface area contributed by atoms with E-state index in [0.717, 1.165) is 97.3 Å². The van der Waals surface area contributed by atoms with E-state index in [9.17, 15) is 29.2 Å². The summed E-state index contributed by atoms with van der Waals surface area (Å²) in [5, 5.41) is 55.0. The number of aryl methyl sites for hydroxylation is 10. The summed E-state index contributed by atoms with van der Waals surface area (Å²) in [5.74, 6) is 0. The summed E-state index contributed by atoms with van der Waals surface area (Å²) in [7, 11) is -3.76. The van der Waals surface area contributed by atoms with Gasteiger partial charge in [-0.05, 0) is 109 Å². The molecule has 0 saturated carbocycles. The number of anilines is 1. The predicted octanol–water partition coefficient (Wildman–Crippen LogP) is 8.95. The Morgan fingerprint density at radius 1 is 0.554 bits per heavy atom. The number of nitrogen functional groups attached to an aromatic ring is 1. The van der Waals surface area contributed by atoms with Crippen molar-refractivity contribution in [1.29, 1.82) is 2.47 Å². The lowest BCUT2D eigenvalue weighted by molar-refractivity contribution is -0.385. The molecule has 10 aromatic rings. The maximum absolute atomic E-state index is 11.2. The van der Waals surface area contributed by atoms with Crippen LogP contribution in [0.5, 0.6) is 0 Å². The molecule has 0 saturated heterocycles. The van der Waals surface area contributed by atoms with Gasteiger partial charge in [0.2, 0.25) is 0 Å². The molecule has 0 radical (unpaired) electrons. The first-order valence-corrected chi connectivity index (χ1v) is 26.0. The molecule has 5 heterocycles. The Morgan fingerprint density at radius 2 is 0.946 bits per heavy atom. The lowest BCUT2D eigenvalue weighted by atomic mass is 10.1. The minimum atomic E-state index is -1.88. The van der Waals surface area contributed by atoms with Crippen molar-refractivity contribution in [1.82, 2.24) is 59.7 Å². The minimum Gasteiger partial charge on any atom is -0.398 e. The van der Waals surface area contributed by atoms with Crippen LogP contribution >= 0.6 is 0 Å². The number of nitro groups is 2. The molecule has 0 atom stereocenters. The second-order valence-corrected chi connectivity index (χ2v) is 17.6. The lowest BCUT2D eigenvalue weighted by Crippen LogP contribution is -2.11. The van der Waals surface area contributed by atoms with Gasteiger partial charge in [-0.25, -0.2) is 9.36 Å². The van der Waals surface area contributed by atoms with Crippen molar-refractivity contribution in [2.24, 2.45) is 0 Å². The number of para-hydroxylation sites is 2. The Hall–Kier alpha value is -8.84. The van der Waals surface area contributed by atoms with Crippen LogP contribution in [0.3, 0.4) is 0 Å². The van der Waals surface area contributed by atoms with E-state index < -0.39 is 18.7 Å². The molecule has 23 heteroatoms. The fraction of sp³-hybridized carbons (Fsp3) is 0.235. The average molecular weight is 1030 g/mol. The van der Waals surface area contributed by atoms with Gasteiger partial charge in [-0.3, -0.25) is 34.7 Å². The molecule has 380 valence electrons. The third kappa shape index (κ3) is 13.8. The van der Waals surface area contributed by atoms with Gasteiger partial charge in [-0.1, -0.05) is 71.1 Å². The average Bonchev–Trinajstić information content (AvgIpc) is 4.23. The number of nitrogens with one attached hydrogen (secondary N) is 1. The largest absolute Gasteiger partial charge is 0.398 e. The third-order valence-corrected chi connectivity index (χ3v) is 11.5. The van der Waals surface area contributed by atoms with Crippen LogP contribution in [0.15, 0.2) is 121 Å². The minimum absolute atomic E-state index is 0.105. The van der Waals surface area contributed by atoms with Crippen LogP contribution in [0.2, 0.25) is 13.1 Å². The van der Waals surface area contributed by atoms with Crippen molar-refractivity contribution < 1.29 is 18.8 Å². The Bertz CT molecular complexity index is 3660. The van der Waals surface area contributed by atoms with Crippen LogP contribution in [-0.4, -0.2) is 90.7 Å². The number of hydrogen-bond acceptors (Lipinski definition) is 14. The Kier molecular flexibility index (Phi) is 17.8. The van der Waals surface area contributed by atoms with E-state index in [2.05, 4.69) is 55.0 Å². The highest BCUT2D eigenvalue weighted by molar-refractivity contribution is 6.14. The fourth-order valence-corrected chi connectivity index (χ4v) is 7.60. The standard InChI is InChI=1S/C19H18N6O2.C19H20N6.C11H11N3O2.2CH4OSi/c1-13-7-8-15(12-19(13)25(26)27)17-11-14(2)23(21-17)9-10-24-18-6-4-3-5-16(18)20-22-24;1-13-7-8-15(12-16(13)20)18-11-14(2)24(22-18)9-10-25-19-6-4-3-5-17(19)21-23-25;1-7-3-4-9(6-11(7)14(15)16)10-5-8(2)12-13-10;2*1-3-2/h3-8,11-12H,9-10H2,1-2H3;3-8,11-12H,9-10,20H2,1-2H3;3-6H,1-2H3,(H,12,13);2*3H,1H3/i;;;2*3D. The summed E-state index contributed by atoms with van der Waals surface area (Å²) >= 11 is 0. The number of hydrogen-bond donors (Lipinski definition) is 2. The van der Waals surface area contributed by atoms with Crippen LogP contribution in [0.4, 0.5) is 17.1 Å². The van der Waals surface area contributed by atoms with Crippen LogP contribution in [0.25, 0.3) is 55.8 Å². The number of H-pyrrole nitrogens is 1. The predicted molar refractivity (Wildman–Crippen MR) is 288 cm³/mol. The van der Waals surface area contributed by atoms with Gasteiger partial charge in [0.05, 0.1) is 66.6 Å². The van der Waals surface area contributed by atoms with E-state index in [1.54, 1.807) is 38.1 Å². The maximum atomic E-state index is 11.2. The number of rotatable bonds is 11. The van der Waals surface area contributed by atoms with Gasteiger partial charge in [0.15, 0.2) is 0 Å². The van der Waals surface area contributed by atoms with Crippen molar-refractivity contribution in [3.05, 3.63) is 175 Å². The SMILES string of the molecule is Cc1cc(-c2ccc(C)c([N+](=O)[O-])c2)n[nH]1.Cc1ccc(-c2cc(C)n(CCn3nnc4ccccc43)n2)cc1N.Cc1ccc(-c2cc(C)n(CCn3nnc4ccccc43)n2)cc1[N+](=O)[O-].[2H][Si](C)=O.[2H][Si](C)=O. The summed E-state index contributed by atoms with van der Waals surface area (Å²) < 4.78 is 38.5. The zero-order chi connectivity index (χ0) is 55.2. The topological polar surface area (TPSA) is 272 Å². The van der Waals surface area contributed by atoms with Gasteiger partial charge in [0.25, 0.3) is 30.1 Å². The summed E-state index contributed by atoms with van der Waals surface area (Å²) in [6.45, 7) is 16.9. The molecule has 74 heavy (non-hydrogen) atoms. The molecule has 21 nitrogen and oxygen atoms in total. The van der Waals surface area contributed by atoms with Crippen molar-refractivity contribution in [3.63, 3.8) is 0 Å². The fourth-order valence-electron chi connectivity index (χ4n) is 7.60. The number of nitrogens with two attached hydrogens (primary N) is 1. The first-order valence-electron chi connectivity index (χ1n) is 24.2. The first kappa shape index (κ1) is 51.5. The quantitative estimate of drug-likeness (QED) is 0.0530. The monoisotopic (exact) mass is 1030 g/mol. The molecule has 3 N–H and O–H groups in total. The van der Waals surface area contributed by atoms with Crippen molar-refractivity contribution in [3.8, 4) is 33.8 Å². The molecule has 0 aliphatic rings. The number of nitrogens with zero attached hydrogens (tertiary/aromatic N) is 13. The maximum Gasteiger partial charge on any atom is 0.272 e. The molecule has 5 aromatic heterocycles. The molecule has 0 unspecified atom stereocenters. The van der Waals surface area contributed by atoms with E-state index in [4.69, 9.17) is 13.3 Å². The number of aromatic amines is 1. The summed E-state index contributed by atoms with van der Waals surface area (Å²) in [6, 6.07) is 38.0. The van der Waals surface area contributed by atoms with Crippen LogP contribution < -0.4 is 5.73 Å². The van der Waals surface area contributed by atoms with E-state index >= 15 is 0 Å². The molecule has 5 aromatic carbocycles. The number of aromatic nitrogens is 12. The van der Waals surface area contributed by atoms with Gasteiger partial charge in [-0.2, -0.15) is 15.3 Å². The second-order valence-electron chi connectivity index (χ2n) is 16.8. The van der Waals surface area contributed by atoms with Gasteiger partial charge >= 0.3 is 0 Å². The molecule has 0 fully saturated rings. The molecule has 0 aliphatic heterocycles. The molecule has 0 spiro atoms. The van der Waals surface area contributed by atoms with Crippen molar-refractivity contribution >= 4 is 57.8 Å². The highest BCUT2D eigenvalue weighted by Crippen LogP contribution is 2.28. The summed E-state index contributed by atoms with van der Waals surface area (Å²) in [6.07, 6.45) is 0. The van der Waals surface area contributed by atoms with E-state index in [-0.39, 0.29) is 21.2 Å². The molecule has 0 amide bonds. The van der Waals surface area contributed by atoms with E-state index in [0.29, 0.717) is 24.2 Å². The number of benzene rings is 5. The van der Waals surface area contributed by atoms with Crippen molar-refractivity contribution in [2.45, 2.75) is 80.8 Å². The van der Waals surface area contributed by atoms with Gasteiger partial charge in [0, 0.05) is 62.7 Å². The Balaban J connectivity index is 0.000000177. The molecular weight excluding hydrogens is 975 g/mol. The van der Waals surface area contributed by atoms with Crippen LogP contribution in [0.1, 0.15) is 33.8 Å². The number of nitro benzene ring substituents is 2. The van der Waals surface area contributed by atoms with Crippen LogP contribution in [0, 0.1) is 61.8 Å². The Labute approximate surface area is 432 Å². The van der Waals surface area contributed by atoms with E-state index in [1.165, 1.54) is 13.1 Å². The smallest absolute Gasteiger partial charge is 0.272 e. The Morgan fingerprint density at radius 3 is 1.35 bits per heavy atom. The highest BCUT2D eigenvalue weighted by atomic mass is 28.2. The normalized spacial score (nSPS) is 10.9. The molecular formula is C51H57N15O6Si2.